The summed E-state index contributed by atoms with van der Waals surface area (Å²) in [6, 6.07) is 5.91. The number of halogens is 2. The van der Waals surface area contributed by atoms with Gasteiger partial charge in [0.05, 0.1) is 6.42 Å². The van der Waals surface area contributed by atoms with Crippen LogP contribution in [0.2, 0.25) is 0 Å². The molecule has 0 aliphatic carbocycles. The van der Waals surface area contributed by atoms with E-state index in [1.165, 1.54) is 18.2 Å². The van der Waals surface area contributed by atoms with E-state index >= 15 is 0 Å². The maximum atomic E-state index is 12.0. The van der Waals surface area contributed by atoms with E-state index in [-0.39, 0.29) is 17.7 Å². The summed E-state index contributed by atoms with van der Waals surface area (Å²) in [6.45, 7) is 0. The molecule has 4 nitrogen and oxygen atoms in total. The lowest BCUT2D eigenvalue weighted by molar-refractivity contribution is -0.136. The van der Waals surface area contributed by atoms with E-state index in [2.05, 4.69) is 0 Å². The van der Waals surface area contributed by atoms with Crippen LogP contribution >= 0.6 is 0 Å². The number of hydrogen-bond donors (Lipinski definition) is 2. The van der Waals surface area contributed by atoms with Crippen molar-refractivity contribution >= 4 is 17.6 Å². The smallest absolute Gasteiger partial charge is 0.315 e. The van der Waals surface area contributed by atoms with Crippen molar-refractivity contribution < 1.29 is 23.5 Å². The van der Waals surface area contributed by atoms with Gasteiger partial charge in [-0.25, -0.2) is 0 Å². The van der Waals surface area contributed by atoms with Crippen LogP contribution in [0.25, 0.3) is 0 Å². The van der Waals surface area contributed by atoms with Crippen LogP contribution in [0.3, 0.4) is 0 Å². The predicted molar refractivity (Wildman–Crippen MR) is 52.4 cm³/mol. The average molecular weight is 229 g/mol. The number of carboxylic acid groups (broad SMARTS) is 1. The number of carbonyl (C=O) groups excluding carboxylic acids is 1. The lowest BCUT2D eigenvalue weighted by Crippen LogP contribution is -2.21. The van der Waals surface area contributed by atoms with E-state index in [9.17, 15) is 18.4 Å². The topological polar surface area (TPSA) is 66.4 Å². The molecule has 0 spiro atoms. The van der Waals surface area contributed by atoms with Crippen molar-refractivity contribution in [2.75, 3.05) is 5.32 Å². The Balaban J connectivity index is 2.86. The highest BCUT2D eigenvalue weighted by atomic mass is 19.3. The highest BCUT2D eigenvalue weighted by molar-refractivity contribution is 5.94. The number of nitrogens with one attached hydrogen (secondary N) is 1. The first-order valence-electron chi connectivity index (χ1n) is 4.39. The first kappa shape index (κ1) is 12.1. The Kier molecular flexibility index (Phi) is 3.93. The lowest BCUT2D eigenvalue weighted by Gasteiger charge is -2.08. The summed E-state index contributed by atoms with van der Waals surface area (Å²) in [5.41, 5.74) is 0.374. The molecule has 0 atom stereocenters. The first-order chi connectivity index (χ1) is 7.50. The molecule has 0 radical (unpaired) electrons. The number of amides is 1. The van der Waals surface area contributed by atoms with Gasteiger partial charge in [-0.15, -0.1) is 0 Å². The third-order valence-corrected chi connectivity index (χ3v) is 1.82. The number of aliphatic carboxylic acids is 1. The molecule has 0 heterocycles. The quantitative estimate of drug-likeness (QED) is 0.822. The molecule has 0 aliphatic rings. The highest BCUT2D eigenvalue weighted by Gasteiger charge is 2.16. The number of carbonyl (C=O) groups is 2. The molecule has 0 aliphatic heterocycles. The van der Waals surface area contributed by atoms with E-state index in [4.69, 9.17) is 5.11 Å². The number of benzene rings is 1. The monoisotopic (exact) mass is 229 g/mol. The second-order valence-electron chi connectivity index (χ2n) is 3.02. The SMILES string of the molecule is O=C(O)Cc1ccccc1NC(=O)C(F)F. The summed E-state index contributed by atoms with van der Waals surface area (Å²) < 4.78 is 24.0. The molecule has 0 bridgehead atoms. The Morgan fingerprint density at radius 2 is 1.94 bits per heavy atom. The van der Waals surface area contributed by atoms with Crippen LogP contribution in [-0.2, 0) is 16.0 Å². The van der Waals surface area contributed by atoms with Crippen molar-refractivity contribution in [3.63, 3.8) is 0 Å². The summed E-state index contributed by atoms with van der Waals surface area (Å²) in [6.07, 6.45) is -3.46. The minimum atomic E-state index is -3.13. The van der Waals surface area contributed by atoms with E-state index in [0.29, 0.717) is 0 Å². The predicted octanol–water partition coefficient (Wildman–Crippen LogP) is 1.52. The maximum Gasteiger partial charge on any atom is 0.315 e. The van der Waals surface area contributed by atoms with Crippen molar-refractivity contribution in [3.05, 3.63) is 29.8 Å². The Hall–Kier alpha value is -1.98. The molecule has 6 heteroatoms. The van der Waals surface area contributed by atoms with Crippen LogP contribution in [-0.4, -0.2) is 23.4 Å². The molecule has 0 saturated carbocycles. The molecule has 2 N–H and O–H groups in total. The van der Waals surface area contributed by atoms with Gasteiger partial charge in [0.15, 0.2) is 0 Å². The van der Waals surface area contributed by atoms with Gasteiger partial charge in [-0.3, -0.25) is 9.59 Å². The van der Waals surface area contributed by atoms with Gasteiger partial charge >= 0.3 is 12.4 Å². The molecule has 0 fully saturated rings. The van der Waals surface area contributed by atoms with Crippen LogP contribution in [0.15, 0.2) is 24.3 Å². The zero-order valence-corrected chi connectivity index (χ0v) is 8.11. The van der Waals surface area contributed by atoms with Gasteiger partial charge in [-0.1, -0.05) is 18.2 Å². The second-order valence-corrected chi connectivity index (χ2v) is 3.02. The molecule has 0 saturated heterocycles. The van der Waals surface area contributed by atoms with Crippen molar-refractivity contribution in [2.24, 2.45) is 0 Å². The van der Waals surface area contributed by atoms with Crippen molar-refractivity contribution in [2.45, 2.75) is 12.8 Å². The number of rotatable bonds is 4. The minimum absolute atomic E-state index is 0.0928. The average Bonchev–Trinajstić information content (AvgIpc) is 2.20. The van der Waals surface area contributed by atoms with Crippen LogP contribution in [0.5, 0.6) is 0 Å². The van der Waals surface area contributed by atoms with E-state index < -0.39 is 18.3 Å². The Labute approximate surface area is 89.9 Å². The third-order valence-electron chi connectivity index (χ3n) is 1.82. The molecule has 1 amide bonds. The second kappa shape index (κ2) is 5.20. The molecular formula is C10H9F2NO3. The Morgan fingerprint density at radius 1 is 1.31 bits per heavy atom. The van der Waals surface area contributed by atoms with E-state index in [1.54, 1.807) is 6.07 Å². The zero-order chi connectivity index (χ0) is 12.1. The van der Waals surface area contributed by atoms with Gasteiger partial charge in [0.1, 0.15) is 0 Å². The van der Waals surface area contributed by atoms with E-state index in [0.717, 1.165) is 0 Å². The fourth-order valence-electron chi connectivity index (χ4n) is 1.15. The molecule has 16 heavy (non-hydrogen) atoms. The Bertz CT molecular complexity index is 407. The number of para-hydroxylation sites is 1. The molecule has 86 valence electrons. The van der Waals surface area contributed by atoms with Gasteiger partial charge in [0.25, 0.3) is 5.91 Å². The third kappa shape index (κ3) is 3.30. The highest BCUT2D eigenvalue weighted by Crippen LogP contribution is 2.16. The van der Waals surface area contributed by atoms with Crippen LogP contribution in [0, 0.1) is 0 Å². The number of carboxylic acids is 1. The van der Waals surface area contributed by atoms with Crippen molar-refractivity contribution in [1.82, 2.24) is 0 Å². The van der Waals surface area contributed by atoms with E-state index in [1.807, 2.05) is 5.32 Å². The summed E-state index contributed by atoms with van der Waals surface area (Å²) in [4.78, 5) is 21.2. The van der Waals surface area contributed by atoms with Crippen LogP contribution in [0.4, 0.5) is 14.5 Å². The molecule has 0 unspecified atom stereocenters. The minimum Gasteiger partial charge on any atom is -0.481 e. The molecule has 1 aromatic rings. The first-order valence-corrected chi connectivity index (χ1v) is 4.39. The van der Waals surface area contributed by atoms with Crippen molar-refractivity contribution in [1.29, 1.82) is 0 Å². The normalized spacial score (nSPS) is 10.2. The Morgan fingerprint density at radius 3 is 2.50 bits per heavy atom. The standard InChI is InChI=1S/C10H9F2NO3/c11-9(12)10(16)13-7-4-2-1-3-6(7)5-8(14)15/h1-4,9H,5H2,(H,13,16)(H,14,15). The van der Waals surface area contributed by atoms with Gasteiger partial charge in [-0.05, 0) is 11.6 Å². The zero-order valence-electron chi connectivity index (χ0n) is 8.11. The molecular weight excluding hydrogens is 220 g/mol. The van der Waals surface area contributed by atoms with Gasteiger partial charge in [-0.2, -0.15) is 8.78 Å². The largest absolute Gasteiger partial charge is 0.481 e. The summed E-state index contributed by atoms with van der Waals surface area (Å²) in [5.74, 6) is -2.54. The van der Waals surface area contributed by atoms with Crippen LogP contribution in [0.1, 0.15) is 5.56 Å². The molecule has 1 aromatic carbocycles. The van der Waals surface area contributed by atoms with Gasteiger partial charge < -0.3 is 10.4 Å². The number of alkyl halides is 2. The molecule has 1 rings (SSSR count). The number of anilines is 1. The fourth-order valence-corrected chi connectivity index (χ4v) is 1.15. The summed E-state index contributed by atoms with van der Waals surface area (Å²) >= 11 is 0. The fraction of sp³-hybridized carbons (Fsp3) is 0.200. The summed E-state index contributed by atoms with van der Waals surface area (Å²) in [5, 5.41) is 10.5. The lowest BCUT2D eigenvalue weighted by atomic mass is 10.1. The van der Waals surface area contributed by atoms with Gasteiger partial charge in [0, 0.05) is 5.69 Å². The molecule has 0 aromatic heterocycles. The maximum absolute atomic E-state index is 12.0. The summed E-state index contributed by atoms with van der Waals surface area (Å²) in [7, 11) is 0. The van der Waals surface area contributed by atoms with Crippen molar-refractivity contribution in [3.8, 4) is 0 Å². The van der Waals surface area contributed by atoms with Crippen LogP contribution < -0.4 is 5.32 Å². The van der Waals surface area contributed by atoms with Gasteiger partial charge in [0.2, 0.25) is 0 Å². The number of hydrogen-bond acceptors (Lipinski definition) is 2.